The molecule has 0 radical (unpaired) electrons. The molecule has 4 aromatic carbocycles. The van der Waals surface area contributed by atoms with Gasteiger partial charge in [0.25, 0.3) is 0 Å². The molecule has 5 rings (SSSR count). The molecule has 0 aromatic heterocycles. The van der Waals surface area contributed by atoms with Gasteiger partial charge in [-0.2, -0.15) is 0 Å². The Bertz CT molecular complexity index is 1670. The van der Waals surface area contributed by atoms with E-state index < -0.39 is 26.4 Å². The summed E-state index contributed by atoms with van der Waals surface area (Å²) < 4.78 is 13.4. The Morgan fingerprint density at radius 1 is 0.689 bits per heavy atom. The molecule has 1 aliphatic heterocycles. The van der Waals surface area contributed by atoms with Crippen molar-refractivity contribution in [3.63, 3.8) is 0 Å². The predicted molar refractivity (Wildman–Crippen MR) is 196 cm³/mol. The number of hydrogen-bond donors (Lipinski definition) is 0. The standard InChI is InChI=1S/C40H48BNO2Si/c1-28(2)45(29(3)4,30(5)6)25-24-31-22-17-23-34-26-35(27-36(37(31)34)41-43-39(7,8)40(9,10)44-41)42-38(32-18-13-11-14-19-32)33-20-15-12-16-21-33/h11-23,26-30H,1-10H3. The molecule has 0 bridgehead atoms. The molecule has 1 saturated heterocycles. The molecule has 1 aliphatic rings. The lowest BCUT2D eigenvalue weighted by Gasteiger charge is -2.38. The third-order valence-electron chi connectivity index (χ3n) is 10.1. The van der Waals surface area contributed by atoms with E-state index >= 15 is 0 Å². The minimum absolute atomic E-state index is 0.474. The van der Waals surface area contributed by atoms with Crippen molar-refractivity contribution >= 4 is 42.8 Å². The fourth-order valence-electron chi connectivity index (χ4n) is 7.00. The average Bonchev–Trinajstić information content (AvgIpc) is 3.22. The van der Waals surface area contributed by atoms with Gasteiger partial charge in [0.2, 0.25) is 0 Å². The van der Waals surface area contributed by atoms with Crippen molar-refractivity contribution in [3.8, 4) is 11.5 Å². The van der Waals surface area contributed by atoms with E-state index in [1.165, 1.54) is 0 Å². The monoisotopic (exact) mass is 613 g/mol. The number of fused-ring (bicyclic) bond motifs is 1. The molecule has 0 saturated carbocycles. The van der Waals surface area contributed by atoms with E-state index in [4.69, 9.17) is 14.3 Å². The lowest BCUT2D eigenvalue weighted by Crippen LogP contribution is -2.43. The molecule has 0 spiro atoms. The molecular weight excluding hydrogens is 565 g/mol. The van der Waals surface area contributed by atoms with Crippen molar-refractivity contribution in [1.82, 2.24) is 0 Å². The fraction of sp³-hybridized carbons (Fsp3) is 0.375. The predicted octanol–water partition coefficient (Wildman–Crippen LogP) is 9.88. The summed E-state index contributed by atoms with van der Waals surface area (Å²) in [5.41, 5.74) is 10.6. The molecule has 0 unspecified atom stereocenters. The van der Waals surface area contributed by atoms with Crippen LogP contribution in [0.5, 0.6) is 0 Å². The van der Waals surface area contributed by atoms with Gasteiger partial charge in [0, 0.05) is 16.7 Å². The van der Waals surface area contributed by atoms with Gasteiger partial charge in [-0.1, -0.05) is 120 Å². The first-order valence-electron chi connectivity index (χ1n) is 16.4. The summed E-state index contributed by atoms with van der Waals surface area (Å²) in [4.78, 5) is 5.31. The maximum absolute atomic E-state index is 6.69. The van der Waals surface area contributed by atoms with E-state index in [0.29, 0.717) is 16.6 Å². The molecule has 4 aromatic rings. The van der Waals surface area contributed by atoms with Gasteiger partial charge in [-0.15, -0.1) is 5.54 Å². The van der Waals surface area contributed by atoms with E-state index in [1.807, 2.05) is 12.1 Å². The Hall–Kier alpha value is -3.43. The zero-order valence-electron chi connectivity index (χ0n) is 28.7. The van der Waals surface area contributed by atoms with Crippen molar-refractivity contribution in [1.29, 1.82) is 0 Å². The van der Waals surface area contributed by atoms with Crippen LogP contribution in [0.1, 0.15) is 85.9 Å². The molecule has 0 N–H and O–H groups in total. The highest BCUT2D eigenvalue weighted by Gasteiger charge is 2.52. The summed E-state index contributed by atoms with van der Waals surface area (Å²) >= 11 is 0. The first kappa shape index (κ1) is 32.9. The van der Waals surface area contributed by atoms with Crippen molar-refractivity contribution < 1.29 is 9.31 Å². The highest BCUT2D eigenvalue weighted by atomic mass is 28.3. The van der Waals surface area contributed by atoms with Crippen LogP contribution in [-0.4, -0.2) is 32.1 Å². The number of hydrogen-bond acceptors (Lipinski definition) is 3. The minimum Gasteiger partial charge on any atom is -0.399 e. The zero-order valence-corrected chi connectivity index (χ0v) is 29.7. The minimum atomic E-state index is -1.95. The summed E-state index contributed by atoms with van der Waals surface area (Å²) in [5.74, 6) is 3.75. The molecular formula is C40H48BNO2Si. The highest BCUT2D eigenvalue weighted by Crippen LogP contribution is 2.41. The second-order valence-electron chi connectivity index (χ2n) is 14.4. The summed E-state index contributed by atoms with van der Waals surface area (Å²) in [7, 11) is -2.49. The van der Waals surface area contributed by atoms with Gasteiger partial charge < -0.3 is 9.31 Å². The Morgan fingerprint density at radius 2 is 1.20 bits per heavy atom. The van der Waals surface area contributed by atoms with Gasteiger partial charge in [0.15, 0.2) is 0 Å². The van der Waals surface area contributed by atoms with Gasteiger partial charge in [-0.25, -0.2) is 4.99 Å². The van der Waals surface area contributed by atoms with Gasteiger partial charge >= 0.3 is 7.12 Å². The molecule has 0 atom stereocenters. The van der Waals surface area contributed by atoms with E-state index in [-0.39, 0.29) is 0 Å². The van der Waals surface area contributed by atoms with Crippen LogP contribution in [-0.2, 0) is 9.31 Å². The van der Waals surface area contributed by atoms with Crippen LogP contribution < -0.4 is 5.46 Å². The number of nitrogens with zero attached hydrogens (tertiary/aromatic N) is 1. The normalized spacial score (nSPS) is 15.9. The van der Waals surface area contributed by atoms with Crippen LogP contribution in [0, 0.1) is 11.5 Å². The van der Waals surface area contributed by atoms with Gasteiger partial charge in [-0.05, 0) is 78.8 Å². The zero-order chi connectivity index (χ0) is 32.6. The van der Waals surface area contributed by atoms with Crippen LogP contribution in [0.15, 0.2) is 96.0 Å². The smallest absolute Gasteiger partial charge is 0.399 e. The van der Waals surface area contributed by atoms with E-state index in [0.717, 1.165) is 44.3 Å². The summed E-state index contributed by atoms with van der Waals surface area (Å²) in [5, 5.41) is 2.17. The molecule has 1 heterocycles. The SMILES string of the molecule is CC(C)[Si](C#Cc1cccc2cc(N=C(c3ccccc3)c3ccccc3)cc(B3OC(C)(C)C(C)(C)O3)c12)(C(C)C)C(C)C. The Balaban J connectivity index is 1.77. The van der Waals surface area contributed by atoms with Gasteiger partial charge in [0.1, 0.15) is 8.07 Å². The quantitative estimate of drug-likeness (QED) is 0.118. The Kier molecular flexibility index (Phi) is 9.34. The topological polar surface area (TPSA) is 30.8 Å². The first-order valence-corrected chi connectivity index (χ1v) is 18.6. The van der Waals surface area contributed by atoms with E-state index in [1.54, 1.807) is 0 Å². The Morgan fingerprint density at radius 3 is 1.69 bits per heavy atom. The van der Waals surface area contributed by atoms with E-state index in [2.05, 4.69) is 160 Å². The highest BCUT2D eigenvalue weighted by molar-refractivity contribution is 6.90. The van der Waals surface area contributed by atoms with Crippen LogP contribution in [0.25, 0.3) is 10.8 Å². The summed E-state index contributed by atoms with van der Waals surface area (Å²) in [6.07, 6.45) is 0. The number of rotatable bonds is 7. The first-order chi connectivity index (χ1) is 21.3. The summed E-state index contributed by atoms with van der Waals surface area (Å²) in [6, 6.07) is 31.5. The van der Waals surface area contributed by atoms with Gasteiger partial charge in [-0.3, -0.25) is 0 Å². The van der Waals surface area contributed by atoms with Crippen LogP contribution in [0.2, 0.25) is 16.6 Å². The lowest BCUT2D eigenvalue weighted by molar-refractivity contribution is 0.00578. The Labute approximate surface area is 272 Å². The molecule has 45 heavy (non-hydrogen) atoms. The van der Waals surface area contributed by atoms with Crippen molar-refractivity contribution in [2.75, 3.05) is 0 Å². The van der Waals surface area contributed by atoms with Crippen LogP contribution in [0.3, 0.4) is 0 Å². The summed E-state index contributed by atoms with van der Waals surface area (Å²) in [6.45, 7) is 22.6. The van der Waals surface area contributed by atoms with Crippen molar-refractivity contribution in [2.24, 2.45) is 4.99 Å². The molecule has 5 heteroatoms. The molecule has 1 fully saturated rings. The third-order valence-corrected chi connectivity index (χ3v) is 16.4. The maximum Gasteiger partial charge on any atom is 0.495 e. The molecule has 0 aliphatic carbocycles. The van der Waals surface area contributed by atoms with Crippen LogP contribution >= 0.6 is 0 Å². The second-order valence-corrected chi connectivity index (χ2v) is 19.9. The molecule has 0 amide bonds. The van der Waals surface area contributed by atoms with Crippen molar-refractivity contribution in [3.05, 3.63) is 108 Å². The average molecular weight is 614 g/mol. The maximum atomic E-state index is 6.69. The van der Waals surface area contributed by atoms with Crippen molar-refractivity contribution in [2.45, 2.75) is 97.1 Å². The lowest BCUT2D eigenvalue weighted by atomic mass is 9.74. The molecule has 232 valence electrons. The van der Waals surface area contributed by atoms with Crippen LogP contribution in [0.4, 0.5) is 5.69 Å². The fourth-order valence-corrected chi connectivity index (χ4v) is 12.2. The second kappa shape index (κ2) is 12.8. The third kappa shape index (κ3) is 6.34. The molecule has 3 nitrogen and oxygen atoms in total. The number of aliphatic imine (C=N–C) groups is 1. The largest absolute Gasteiger partial charge is 0.495 e. The number of benzene rings is 4. The van der Waals surface area contributed by atoms with E-state index in [9.17, 15) is 0 Å². The van der Waals surface area contributed by atoms with Gasteiger partial charge in [0.05, 0.1) is 22.6 Å².